The lowest BCUT2D eigenvalue weighted by molar-refractivity contribution is 0.414. The van der Waals surface area contributed by atoms with Gasteiger partial charge in [-0.3, -0.25) is 14.2 Å². The monoisotopic (exact) mass is 326 g/mol. The van der Waals surface area contributed by atoms with Crippen LogP contribution in [0.3, 0.4) is 0 Å². The van der Waals surface area contributed by atoms with Crippen LogP contribution in [0.4, 0.5) is 0 Å². The van der Waals surface area contributed by atoms with Gasteiger partial charge in [-0.1, -0.05) is 37.6 Å². The lowest BCUT2D eigenvalue weighted by Gasteiger charge is -2.05. The summed E-state index contributed by atoms with van der Waals surface area (Å²) in [5.41, 5.74) is 0.251. The van der Waals surface area contributed by atoms with E-state index in [1.165, 1.54) is 4.57 Å². The Morgan fingerprint density at radius 3 is 2.79 bits per heavy atom. The third-order valence-electron chi connectivity index (χ3n) is 3.59. The first-order valence-corrected chi connectivity index (χ1v) is 7.90. The summed E-state index contributed by atoms with van der Waals surface area (Å²) in [6.45, 7) is 5.96. The Balaban J connectivity index is 2.75. The fraction of sp³-hybridized carbons (Fsp3) is 0.263. The van der Waals surface area contributed by atoms with E-state index in [4.69, 9.17) is 4.74 Å². The van der Waals surface area contributed by atoms with Crippen molar-refractivity contribution in [1.82, 2.24) is 9.55 Å². The Bertz CT molecular complexity index is 952. The van der Waals surface area contributed by atoms with Crippen LogP contribution < -0.4 is 26.6 Å². The van der Waals surface area contributed by atoms with Gasteiger partial charge in [0.2, 0.25) is 0 Å². The number of unbranched alkanes of at least 4 members (excludes halogenated alkanes) is 1. The third-order valence-corrected chi connectivity index (χ3v) is 3.59. The van der Waals surface area contributed by atoms with Gasteiger partial charge in [-0.25, -0.2) is 0 Å². The highest BCUT2D eigenvalue weighted by Gasteiger charge is 2.04. The Morgan fingerprint density at radius 2 is 2.12 bits per heavy atom. The molecule has 0 saturated carbocycles. The van der Waals surface area contributed by atoms with Crippen molar-refractivity contribution in [3.05, 3.63) is 73.9 Å². The number of benzene rings is 1. The van der Waals surface area contributed by atoms with Gasteiger partial charge in [-0.2, -0.15) is 0 Å². The molecule has 0 fully saturated rings. The first-order chi connectivity index (χ1) is 11.6. The molecule has 5 heteroatoms. The molecule has 0 amide bonds. The molecule has 0 aliphatic carbocycles. The molecule has 1 aromatic carbocycles. The number of nitrogens with zero attached hydrogens (tertiary/aromatic N) is 1. The van der Waals surface area contributed by atoms with Gasteiger partial charge < -0.3 is 9.72 Å². The maximum atomic E-state index is 12.6. The topological polar surface area (TPSA) is 64.1 Å². The van der Waals surface area contributed by atoms with Gasteiger partial charge in [-0.05, 0) is 30.2 Å². The largest absolute Gasteiger partial charge is 0.497 e. The van der Waals surface area contributed by atoms with E-state index in [1.54, 1.807) is 31.4 Å². The van der Waals surface area contributed by atoms with E-state index in [9.17, 15) is 9.59 Å². The molecule has 0 spiro atoms. The van der Waals surface area contributed by atoms with Crippen molar-refractivity contribution in [3.8, 4) is 5.75 Å². The molecular weight excluding hydrogens is 304 g/mol. The number of aromatic amines is 1. The number of ether oxygens (including phenoxy) is 1. The number of hydrogen-bond donors (Lipinski definition) is 1. The minimum absolute atomic E-state index is 0.225. The Morgan fingerprint density at radius 1 is 1.33 bits per heavy atom. The summed E-state index contributed by atoms with van der Waals surface area (Å²) in [6.07, 6.45) is 6.68. The number of aromatic nitrogens is 2. The normalized spacial score (nSPS) is 12.4. The molecule has 126 valence electrons. The van der Waals surface area contributed by atoms with Gasteiger partial charge in [0.25, 0.3) is 11.1 Å². The van der Waals surface area contributed by atoms with Crippen molar-refractivity contribution in [2.45, 2.75) is 26.3 Å². The van der Waals surface area contributed by atoms with Crippen LogP contribution in [-0.4, -0.2) is 16.7 Å². The summed E-state index contributed by atoms with van der Waals surface area (Å²) in [4.78, 5) is 27.8. The summed E-state index contributed by atoms with van der Waals surface area (Å²) in [5.74, 6) is 0.686. The lowest BCUT2D eigenvalue weighted by atomic mass is 10.2. The second-order valence-electron chi connectivity index (χ2n) is 5.37. The molecule has 0 radical (unpaired) electrons. The van der Waals surface area contributed by atoms with Gasteiger partial charge in [0.1, 0.15) is 16.4 Å². The van der Waals surface area contributed by atoms with Crippen LogP contribution >= 0.6 is 0 Å². The zero-order valence-electron chi connectivity index (χ0n) is 14.0. The van der Waals surface area contributed by atoms with E-state index in [2.05, 4.69) is 11.6 Å². The van der Waals surface area contributed by atoms with Crippen LogP contribution in [0.15, 0.2) is 46.5 Å². The zero-order valence-corrected chi connectivity index (χ0v) is 14.0. The average Bonchev–Trinajstić information content (AvgIpc) is 2.60. The van der Waals surface area contributed by atoms with Crippen molar-refractivity contribution < 1.29 is 4.74 Å². The van der Waals surface area contributed by atoms with Crippen molar-refractivity contribution >= 4 is 12.2 Å². The fourth-order valence-electron chi connectivity index (χ4n) is 2.39. The molecule has 0 aliphatic rings. The van der Waals surface area contributed by atoms with Crippen molar-refractivity contribution in [2.75, 3.05) is 7.11 Å². The average molecular weight is 326 g/mol. The lowest BCUT2D eigenvalue weighted by Crippen LogP contribution is -2.53. The zero-order chi connectivity index (χ0) is 17.5. The van der Waals surface area contributed by atoms with Gasteiger partial charge >= 0.3 is 0 Å². The highest BCUT2D eigenvalue weighted by atomic mass is 16.5. The molecule has 1 aromatic heterocycles. The van der Waals surface area contributed by atoms with E-state index < -0.39 is 0 Å². The quantitative estimate of drug-likeness (QED) is 0.810. The van der Waals surface area contributed by atoms with Crippen LogP contribution in [0.1, 0.15) is 25.3 Å². The molecule has 2 aromatic rings. The molecule has 0 unspecified atom stereocenters. The molecule has 2 rings (SSSR count). The summed E-state index contributed by atoms with van der Waals surface area (Å²) < 4.78 is 6.63. The summed E-state index contributed by atoms with van der Waals surface area (Å²) >= 11 is 0. The molecule has 1 heterocycles. The van der Waals surface area contributed by atoms with E-state index in [-0.39, 0.29) is 17.7 Å². The number of H-pyrrole nitrogens is 1. The Kier molecular flexibility index (Phi) is 5.95. The Labute approximate surface area is 140 Å². The summed E-state index contributed by atoms with van der Waals surface area (Å²) in [5, 5.41) is 0.619. The predicted octanol–water partition coefficient (Wildman–Crippen LogP) is 1.14. The highest BCUT2D eigenvalue weighted by molar-refractivity contribution is 5.50. The van der Waals surface area contributed by atoms with Gasteiger partial charge in [0.05, 0.1) is 7.11 Å². The van der Waals surface area contributed by atoms with Crippen molar-refractivity contribution in [1.29, 1.82) is 0 Å². The molecule has 1 N–H and O–H groups in total. The molecule has 0 saturated heterocycles. The van der Waals surface area contributed by atoms with Crippen molar-refractivity contribution in [2.24, 2.45) is 0 Å². The number of nitrogens with one attached hydrogen (secondary N) is 1. The minimum atomic E-state index is -0.304. The van der Waals surface area contributed by atoms with Crippen molar-refractivity contribution in [3.63, 3.8) is 0 Å². The number of allylic oxidation sites excluding steroid dienone is 1. The van der Waals surface area contributed by atoms with Crippen LogP contribution in [0.25, 0.3) is 12.2 Å². The second kappa shape index (κ2) is 8.15. The summed E-state index contributed by atoms with van der Waals surface area (Å²) in [6, 6.07) is 7.31. The standard InChI is InChI=1S/C19H22N2O3/c1-4-6-10-16-19(23)21(11-5-2)17(18(22)20-16)13-14-8-7-9-15(12-14)24-3/h5,7-10,12-13H,2,4,6,11H2,1,3H3,(H,20,22)/b16-10-,17-13-. The fourth-order valence-corrected chi connectivity index (χ4v) is 2.39. The van der Waals surface area contributed by atoms with Crippen LogP contribution in [0.5, 0.6) is 5.75 Å². The molecular formula is C19H22N2O3. The van der Waals surface area contributed by atoms with E-state index in [0.717, 1.165) is 18.4 Å². The van der Waals surface area contributed by atoms with E-state index in [1.807, 2.05) is 25.1 Å². The van der Waals surface area contributed by atoms with Crippen LogP contribution in [0.2, 0.25) is 0 Å². The number of methoxy groups -OCH3 is 1. The molecule has 0 bridgehead atoms. The van der Waals surface area contributed by atoms with Gasteiger partial charge in [0, 0.05) is 6.54 Å². The molecule has 5 nitrogen and oxygen atoms in total. The maximum Gasteiger partial charge on any atom is 0.274 e. The predicted molar refractivity (Wildman–Crippen MR) is 96.7 cm³/mol. The van der Waals surface area contributed by atoms with E-state index >= 15 is 0 Å². The summed E-state index contributed by atoms with van der Waals surface area (Å²) in [7, 11) is 1.58. The van der Waals surface area contributed by atoms with Gasteiger partial charge in [0.15, 0.2) is 0 Å². The molecule has 0 aliphatic heterocycles. The van der Waals surface area contributed by atoms with Gasteiger partial charge in [-0.15, -0.1) is 6.58 Å². The SMILES string of the molecule is C=CCn1c(=O)/c(=C/CCC)[nH]c(=O)/c1=C/c1cccc(OC)c1. The van der Waals surface area contributed by atoms with E-state index in [0.29, 0.717) is 16.4 Å². The highest BCUT2D eigenvalue weighted by Crippen LogP contribution is 2.12. The number of hydrogen-bond acceptors (Lipinski definition) is 3. The van der Waals surface area contributed by atoms with Crippen LogP contribution in [0, 0.1) is 0 Å². The second-order valence-corrected chi connectivity index (χ2v) is 5.37. The maximum absolute atomic E-state index is 12.6. The minimum Gasteiger partial charge on any atom is -0.497 e. The first-order valence-electron chi connectivity index (χ1n) is 7.90. The molecule has 24 heavy (non-hydrogen) atoms. The number of rotatable bonds is 6. The smallest absolute Gasteiger partial charge is 0.274 e. The van der Waals surface area contributed by atoms with Crippen LogP contribution in [-0.2, 0) is 6.54 Å². The molecule has 0 atom stereocenters. The third kappa shape index (κ3) is 3.93. The first kappa shape index (κ1) is 17.5. The Hall–Kier alpha value is -2.82.